The van der Waals surface area contributed by atoms with Crippen molar-refractivity contribution in [3.8, 4) is 11.5 Å². The van der Waals surface area contributed by atoms with E-state index in [2.05, 4.69) is 4.98 Å². The van der Waals surface area contributed by atoms with E-state index >= 15 is 0 Å². The van der Waals surface area contributed by atoms with Crippen molar-refractivity contribution in [1.29, 1.82) is 0 Å². The van der Waals surface area contributed by atoms with E-state index < -0.39 is 12.1 Å². The van der Waals surface area contributed by atoms with Crippen LogP contribution in [0.25, 0.3) is 0 Å². The lowest BCUT2D eigenvalue weighted by Crippen LogP contribution is -2.15. The van der Waals surface area contributed by atoms with Gasteiger partial charge in [-0.15, -0.1) is 0 Å². The van der Waals surface area contributed by atoms with Crippen LogP contribution < -0.4 is 14.5 Å². The Hall–Kier alpha value is -3.09. The molecule has 0 radical (unpaired) electrons. The highest BCUT2D eigenvalue weighted by Crippen LogP contribution is 2.35. The quantitative estimate of drug-likeness (QED) is 0.357. The van der Waals surface area contributed by atoms with E-state index in [1.54, 1.807) is 42.7 Å². The van der Waals surface area contributed by atoms with Crippen LogP contribution in [-0.4, -0.2) is 26.5 Å². The molecule has 160 valence electrons. The number of aromatic amines is 1. The molecule has 6 nitrogen and oxygen atoms in total. The van der Waals surface area contributed by atoms with Gasteiger partial charge in [0.05, 0.1) is 19.8 Å². The fourth-order valence-electron chi connectivity index (χ4n) is 3.03. The molecule has 1 N–H and O–H groups in total. The van der Waals surface area contributed by atoms with Crippen LogP contribution in [0.1, 0.15) is 37.9 Å². The van der Waals surface area contributed by atoms with Gasteiger partial charge in [-0.3, -0.25) is 4.79 Å². The third kappa shape index (κ3) is 5.34. The minimum atomic E-state index is -0.713. The van der Waals surface area contributed by atoms with Gasteiger partial charge in [0.1, 0.15) is 22.4 Å². The minimum absolute atomic E-state index is 0.236. The van der Waals surface area contributed by atoms with Crippen molar-refractivity contribution in [2.24, 2.45) is 0 Å². The number of aromatic nitrogens is 1. The maximum atomic E-state index is 12.8. The molecule has 0 unspecified atom stereocenters. The number of aldehydes is 1. The van der Waals surface area contributed by atoms with E-state index in [0.29, 0.717) is 50.1 Å². The number of H-pyrrole nitrogens is 1. The first-order chi connectivity index (χ1) is 15.0. The molecule has 0 aliphatic rings. The predicted octanol–water partition coefficient (Wildman–Crippen LogP) is 4.78. The number of nitrogens with one attached hydrogen (secondary N) is 1. The Morgan fingerprint density at radius 1 is 1.00 bits per heavy atom. The summed E-state index contributed by atoms with van der Waals surface area (Å²) < 4.78 is 16.5. The number of carbonyl (C=O) groups excluding carboxylic acids is 2. The van der Waals surface area contributed by atoms with Crippen LogP contribution >= 0.6 is 23.2 Å². The first kappa shape index (κ1) is 22.6. The summed E-state index contributed by atoms with van der Waals surface area (Å²) in [4.78, 5) is 26.5. The molecule has 31 heavy (non-hydrogen) atoms. The second-order valence-electron chi connectivity index (χ2n) is 6.58. The topological polar surface area (TPSA) is 76.0 Å². The molecule has 1 aromatic heterocycles. The monoisotopic (exact) mass is 460 g/mol. The number of pyridine rings is 1. The van der Waals surface area contributed by atoms with Gasteiger partial charge in [0.15, 0.2) is 23.9 Å². The number of rotatable bonds is 8. The Kier molecular flexibility index (Phi) is 7.50. The highest BCUT2D eigenvalue weighted by molar-refractivity contribution is 6.35. The van der Waals surface area contributed by atoms with Crippen LogP contribution in [0.3, 0.4) is 0 Å². The highest BCUT2D eigenvalue weighted by Gasteiger charge is 2.24. The summed E-state index contributed by atoms with van der Waals surface area (Å²) in [7, 11) is 3.07. The molecule has 0 aliphatic heterocycles. The second-order valence-corrected chi connectivity index (χ2v) is 7.40. The van der Waals surface area contributed by atoms with Crippen LogP contribution in [0.2, 0.25) is 10.0 Å². The molecule has 8 heteroatoms. The summed E-state index contributed by atoms with van der Waals surface area (Å²) in [6, 6.07) is 11.4. The van der Waals surface area contributed by atoms with E-state index in [1.165, 1.54) is 26.4 Å². The molecule has 0 spiro atoms. The van der Waals surface area contributed by atoms with Gasteiger partial charge in [-0.25, -0.2) is 9.78 Å². The number of hydrogen-bond donors (Lipinski definition) is 0. The molecule has 0 bridgehead atoms. The third-order valence-electron chi connectivity index (χ3n) is 4.70. The van der Waals surface area contributed by atoms with Gasteiger partial charge in [-0.2, -0.15) is 0 Å². The standard InChI is InChI=1S/C23H19Cl2NO5/c1-29-20-8-7-16(9-22(20)30-2)21(10-17-18(24)11-26-12-19(17)25)31-23(28)15-5-3-14(13-27)4-6-15/h3-9,11-13,21H,10H2,1-2H3/p+1/t21-/m0/s1. The average Bonchev–Trinajstić information content (AvgIpc) is 2.80. The van der Waals surface area contributed by atoms with Gasteiger partial charge < -0.3 is 14.2 Å². The van der Waals surface area contributed by atoms with Crippen molar-refractivity contribution in [1.82, 2.24) is 0 Å². The highest BCUT2D eigenvalue weighted by atomic mass is 35.5. The number of esters is 1. The zero-order valence-electron chi connectivity index (χ0n) is 16.9. The predicted molar refractivity (Wildman–Crippen MR) is 116 cm³/mol. The summed E-state index contributed by atoms with van der Waals surface area (Å²) >= 11 is 12.6. The molecule has 1 atom stereocenters. The normalized spacial score (nSPS) is 11.5. The molecule has 3 rings (SSSR count). The number of hydrogen-bond acceptors (Lipinski definition) is 5. The fourth-order valence-corrected chi connectivity index (χ4v) is 3.56. The molecule has 2 aromatic carbocycles. The largest absolute Gasteiger partial charge is 0.493 e. The van der Waals surface area contributed by atoms with Crippen molar-refractivity contribution in [3.63, 3.8) is 0 Å². The second kappa shape index (κ2) is 10.3. The summed E-state index contributed by atoms with van der Waals surface area (Å²) in [5.74, 6) is 0.494. The molecule has 0 aliphatic carbocycles. The molecule has 0 saturated heterocycles. The fraction of sp³-hybridized carbons (Fsp3) is 0.174. The van der Waals surface area contributed by atoms with Crippen LogP contribution in [0, 0.1) is 0 Å². The van der Waals surface area contributed by atoms with Crippen molar-refractivity contribution in [3.05, 3.63) is 87.2 Å². The Bertz CT molecular complexity index is 1070. The average molecular weight is 461 g/mol. The summed E-state index contributed by atoms with van der Waals surface area (Å²) in [5.41, 5.74) is 2.09. The Labute approximate surface area is 189 Å². The van der Waals surface area contributed by atoms with Crippen LogP contribution in [0.5, 0.6) is 11.5 Å². The van der Waals surface area contributed by atoms with Gasteiger partial charge in [-0.05, 0) is 29.8 Å². The van der Waals surface area contributed by atoms with Crippen LogP contribution in [-0.2, 0) is 11.2 Å². The lowest BCUT2D eigenvalue weighted by atomic mass is 10.0. The van der Waals surface area contributed by atoms with Crippen molar-refractivity contribution in [2.75, 3.05) is 14.2 Å². The minimum Gasteiger partial charge on any atom is -0.493 e. The van der Waals surface area contributed by atoms with Crippen molar-refractivity contribution >= 4 is 35.5 Å². The SMILES string of the molecule is COc1ccc([C@H](Cc2c(Cl)c[nH+]cc2Cl)OC(=O)c2ccc(C=O)cc2)cc1OC. The molecular weight excluding hydrogens is 441 g/mol. The van der Waals surface area contributed by atoms with E-state index in [1.807, 2.05) is 0 Å². The van der Waals surface area contributed by atoms with E-state index in [0.717, 1.165) is 0 Å². The van der Waals surface area contributed by atoms with Gasteiger partial charge >= 0.3 is 5.97 Å². The van der Waals surface area contributed by atoms with E-state index in [9.17, 15) is 9.59 Å². The molecule has 3 aromatic rings. The first-order valence-corrected chi connectivity index (χ1v) is 10.0. The molecule has 0 saturated carbocycles. The number of carbonyl (C=O) groups is 2. The summed E-state index contributed by atoms with van der Waals surface area (Å²) in [6.45, 7) is 0. The van der Waals surface area contributed by atoms with Gasteiger partial charge in [0.25, 0.3) is 0 Å². The van der Waals surface area contributed by atoms with Crippen LogP contribution in [0.4, 0.5) is 0 Å². The Morgan fingerprint density at radius 2 is 1.65 bits per heavy atom. The van der Waals surface area contributed by atoms with Crippen LogP contribution in [0.15, 0.2) is 54.9 Å². The Balaban J connectivity index is 1.97. The molecular formula is C23H20Cl2NO5+. The lowest BCUT2D eigenvalue weighted by molar-refractivity contribution is -0.377. The van der Waals surface area contributed by atoms with E-state index in [-0.39, 0.29) is 6.42 Å². The van der Waals surface area contributed by atoms with Gasteiger partial charge in [0.2, 0.25) is 0 Å². The van der Waals surface area contributed by atoms with E-state index in [4.69, 9.17) is 37.4 Å². The third-order valence-corrected chi connectivity index (χ3v) is 5.37. The molecule has 0 fully saturated rings. The number of halogens is 2. The zero-order valence-corrected chi connectivity index (χ0v) is 18.4. The zero-order chi connectivity index (χ0) is 22.4. The smallest absolute Gasteiger partial charge is 0.338 e. The van der Waals surface area contributed by atoms with Crippen molar-refractivity contribution in [2.45, 2.75) is 12.5 Å². The maximum Gasteiger partial charge on any atom is 0.338 e. The van der Waals surface area contributed by atoms with Gasteiger partial charge in [0, 0.05) is 17.5 Å². The van der Waals surface area contributed by atoms with Crippen molar-refractivity contribution < 1.29 is 28.8 Å². The lowest BCUT2D eigenvalue weighted by Gasteiger charge is -2.20. The molecule has 0 amide bonds. The maximum absolute atomic E-state index is 12.8. The summed E-state index contributed by atoms with van der Waals surface area (Å²) in [6.07, 6.45) is 3.44. The van der Waals surface area contributed by atoms with Gasteiger partial charge in [-0.1, -0.05) is 41.4 Å². The summed E-state index contributed by atoms with van der Waals surface area (Å²) in [5, 5.41) is 0.841. The Morgan fingerprint density at radius 3 is 2.23 bits per heavy atom. The number of ether oxygens (including phenoxy) is 3. The number of benzene rings is 2. The number of methoxy groups -OCH3 is 2. The first-order valence-electron chi connectivity index (χ1n) is 9.29. The molecule has 1 heterocycles.